The van der Waals surface area contributed by atoms with Crippen LogP contribution in [0, 0.1) is 5.92 Å². The minimum Gasteiger partial charge on any atom is -0.356 e. The van der Waals surface area contributed by atoms with Crippen molar-refractivity contribution in [2.75, 3.05) is 6.54 Å². The van der Waals surface area contributed by atoms with Gasteiger partial charge in [0.05, 0.1) is 11.0 Å². The standard InChI is InChI=1S/C21H31N3O/c1-4-16-24-19-13-10-9-12-18(19)23-20(24)14-8-7-11-15-22-21(25)17(5-2)6-3/h4,9-10,12-13,17H,1,5-8,11,14-16H2,2-3H3,(H,22,25). The second-order valence-corrected chi connectivity index (χ2v) is 6.53. The second-order valence-electron chi connectivity index (χ2n) is 6.53. The van der Waals surface area contributed by atoms with Crippen molar-refractivity contribution in [3.05, 3.63) is 42.7 Å². The van der Waals surface area contributed by atoms with E-state index in [4.69, 9.17) is 4.98 Å². The Labute approximate surface area is 151 Å². The molecular formula is C21H31N3O. The Kier molecular flexibility index (Phi) is 7.71. The highest BCUT2D eigenvalue weighted by atomic mass is 16.1. The zero-order chi connectivity index (χ0) is 18.1. The molecule has 1 heterocycles. The molecular weight excluding hydrogens is 310 g/mol. The zero-order valence-corrected chi connectivity index (χ0v) is 15.6. The van der Waals surface area contributed by atoms with Crippen LogP contribution in [-0.4, -0.2) is 22.0 Å². The number of unbranched alkanes of at least 4 members (excludes halogenated alkanes) is 2. The maximum atomic E-state index is 11.9. The lowest BCUT2D eigenvalue weighted by atomic mass is 10.0. The number of hydrogen-bond donors (Lipinski definition) is 1. The summed E-state index contributed by atoms with van der Waals surface area (Å²) in [4.78, 5) is 16.7. The summed E-state index contributed by atoms with van der Waals surface area (Å²) >= 11 is 0. The van der Waals surface area contributed by atoms with Crippen LogP contribution in [0.2, 0.25) is 0 Å². The molecule has 1 N–H and O–H groups in total. The fourth-order valence-corrected chi connectivity index (χ4v) is 3.25. The second kappa shape index (κ2) is 10.0. The number of amides is 1. The van der Waals surface area contributed by atoms with Gasteiger partial charge < -0.3 is 9.88 Å². The van der Waals surface area contributed by atoms with Gasteiger partial charge in [-0.2, -0.15) is 0 Å². The number of aryl methyl sites for hydroxylation is 1. The summed E-state index contributed by atoms with van der Waals surface area (Å²) in [6.07, 6.45) is 7.92. The number of fused-ring (bicyclic) bond motifs is 1. The molecule has 0 aliphatic heterocycles. The lowest BCUT2D eigenvalue weighted by molar-refractivity contribution is -0.125. The number of rotatable bonds is 11. The quantitative estimate of drug-likeness (QED) is 0.483. The first kappa shape index (κ1) is 19.2. The molecule has 1 aromatic carbocycles. The van der Waals surface area contributed by atoms with E-state index in [0.29, 0.717) is 0 Å². The Morgan fingerprint density at radius 3 is 2.72 bits per heavy atom. The molecule has 25 heavy (non-hydrogen) atoms. The van der Waals surface area contributed by atoms with Crippen LogP contribution in [0.5, 0.6) is 0 Å². The van der Waals surface area contributed by atoms with Gasteiger partial charge in [0.2, 0.25) is 5.91 Å². The lowest BCUT2D eigenvalue weighted by Crippen LogP contribution is -2.30. The van der Waals surface area contributed by atoms with Gasteiger partial charge in [-0.15, -0.1) is 6.58 Å². The van der Waals surface area contributed by atoms with Gasteiger partial charge in [0.1, 0.15) is 5.82 Å². The molecule has 2 rings (SSSR count). The van der Waals surface area contributed by atoms with Gasteiger partial charge in [-0.05, 0) is 37.8 Å². The molecule has 1 aromatic heterocycles. The molecule has 0 bridgehead atoms. The Bertz CT molecular complexity index is 686. The summed E-state index contributed by atoms with van der Waals surface area (Å²) in [6, 6.07) is 8.25. The van der Waals surface area contributed by atoms with E-state index in [0.717, 1.165) is 63.0 Å². The minimum absolute atomic E-state index is 0.166. The summed E-state index contributed by atoms with van der Waals surface area (Å²) in [6.45, 7) is 9.57. The van der Waals surface area contributed by atoms with Crippen molar-refractivity contribution < 1.29 is 4.79 Å². The zero-order valence-electron chi connectivity index (χ0n) is 15.6. The van der Waals surface area contributed by atoms with Crippen molar-refractivity contribution in [3.8, 4) is 0 Å². The molecule has 0 atom stereocenters. The Balaban J connectivity index is 1.78. The van der Waals surface area contributed by atoms with E-state index in [1.54, 1.807) is 0 Å². The van der Waals surface area contributed by atoms with E-state index < -0.39 is 0 Å². The summed E-state index contributed by atoms with van der Waals surface area (Å²) in [5.41, 5.74) is 2.23. The molecule has 0 fully saturated rings. The van der Waals surface area contributed by atoms with Gasteiger partial charge >= 0.3 is 0 Å². The van der Waals surface area contributed by atoms with Gasteiger partial charge in [-0.25, -0.2) is 4.98 Å². The molecule has 0 saturated heterocycles. The smallest absolute Gasteiger partial charge is 0.223 e. The SMILES string of the molecule is C=CCn1c(CCCCCNC(=O)C(CC)CC)nc2ccccc21. The van der Waals surface area contributed by atoms with Crippen molar-refractivity contribution >= 4 is 16.9 Å². The molecule has 0 spiro atoms. The van der Waals surface area contributed by atoms with Crippen molar-refractivity contribution in [2.45, 2.75) is 58.9 Å². The van der Waals surface area contributed by atoms with Crippen LogP contribution in [0.15, 0.2) is 36.9 Å². The normalized spacial score (nSPS) is 11.2. The summed E-state index contributed by atoms with van der Waals surface area (Å²) < 4.78 is 2.25. The van der Waals surface area contributed by atoms with Crippen LogP contribution in [0.1, 0.15) is 51.8 Å². The first-order chi connectivity index (χ1) is 12.2. The number of nitrogens with zero attached hydrogens (tertiary/aromatic N) is 2. The molecule has 136 valence electrons. The van der Waals surface area contributed by atoms with Gasteiger partial charge in [0, 0.05) is 25.4 Å². The number of imidazole rings is 1. The molecule has 4 nitrogen and oxygen atoms in total. The Hall–Kier alpha value is -2.10. The van der Waals surface area contributed by atoms with E-state index in [-0.39, 0.29) is 11.8 Å². The highest BCUT2D eigenvalue weighted by Crippen LogP contribution is 2.18. The minimum atomic E-state index is 0.166. The number of benzene rings is 1. The third-order valence-electron chi connectivity index (χ3n) is 4.78. The van der Waals surface area contributed by atoms with Crippen molar-refractivity contribution in [2.24, 2.45) is 5.92 Å². The van der Waals surface area contributed by atoms with Crippen LogP contribution >= 0.6 is 0 Å². The maximum Gasteiger partial charge on any atom is 0.223 e. The van der Waals surface area contributed by atoms with E-state index in [2.05, 4.69) is 48.5 Å². The fraction of sp³-hybridized carbons (Fsp3) is 0.524. The number of para-hydroxylation sites is 2. The first-order valence-corrected chi connectivity index (χ1v) is 9.54. The summed E-state index contributed by atoms with van der Waals surface area (Å²) in [5.74, 6) is 1.50. The van der Waals surface area contributed by atoms with Crippen molar-refractivity contribution in [1.29, 1.82) is 0 Å². The fourth-order valence-electron chi connectivity index (χ4n) is 3.25. The molecule has 0 aliphatic carbocycles. The number of aromatic nitrogens is 2. The third kappa shape index (κ3) is 5.18. The van der Waals surface area contributed by atoms with Crippen LogP contribution in [0.3, 0.4) is 0 Å². The monoisotopic (exact) mass is 341 g/mol. The molecule has 1 amide bonds. The molecule has 0 radical (unpaired) electrons. The number of allylic oxidation sites excluding steroid dienone is 1. The van der Waals surface area contributed by atoms with E-state index in [1.165, 1.54) is 5.52 Å². The van der Waals surface area contributed by atoms with Crippen molar-refractivity contribution in [1.82, 2.24) is 14.9 Å². The topological polar surface area (TPSA) is 46.9 Å². The van der Waals surface area contributed by atoms with E-state index in [1.807, 2.05) is 12.1 Å². The van der Waals surface area contributed by atoms with Gasteiger partial charge in [0.25, 0.3) is 0 Å². The van der Waals surface area contributed by atoms with Crippen LogP contribution in [-0.2, 0) is 17.8 Å². The average molecular weight is 341 g/mol. The lowest BCUT2D eigenvalue weighted by Gasteiger charge is -2.12. The largest absolute Gasteiger partial charge is 0.356 e. The maximum absolute atomic E-state index is 11.9. The predicted octanol–water partition coefficient (Wildman–Crippen LogP) is 4.49. The number of hydrogen-bond acceptors (Lipinski definition) is 2. The molecule has 0 aliphatic rings. The van der Waals surface area contributed by atoms with Crippen molar-refractivity contribution in [3.63, 3.8) is 0 Å². The van der Waals surface area contributed by atoms with Crippen LogP contribution in [0.4, 0.5) is 0 Å². The van der Waals surface area contributed by atoms with Gasteiger partial charge in [0.15, 0.2) is 0 Å². The Morgan fingerprint density at radius 1 is 1.24 bits per heavy atom. The molecule has 4 heteroatoms. The highest BCUT2D eigenvalue weighted by molar-refractivity contribution is 5.78. The van der Waals surface area contributed by atoms with E-state index in [9.17, 15) is 4.79 Å². The van der Waals surface area contributed by atoms with Crippen LogP contribution < -0.4 is 5.32 Å². The first-order valence-electron chi connectivity index (χ1n) is 9.54. The van der Waals surface area contributed by atoms with Gasteiger partial charge in [-0.3, -0.25) is 4.79 Å². The number of carbonyl (C=O) groups is 1. The van der Waals surface area contributed by atoms with E-state index >= 15 is 0 Å². The van der Waals surface area contributed by atoms with Crippen LogP contribution in [0.25, 0.3) is 11.0 Å². The Morgan fingerprint density at radius 2 is 2.00 bits per heavy atom. The summed E-state index contributed by atoms with van der Waals surface area (Å²) in [7, 11) is 0. The molecule has 2 aromatic rings. The molecule has 0 unspecified atom stereocenters. The number of nitrogens with one attached hydrogen (secondary N) is 1. The van der Waals surface area contributed by atoms with Gasteiger partial charge in [-0.1, -0.05) is 38.5 Å². The number of carbonyl (C=O) groups excluding carboxylic acids is 1. The highest BCUT2D eigenvalue weighted by Gasteiger charge is 2.13. The predicted molar refractivity (Wildman–Crippen MR) is 105 cm³/mol. The average Bonchev–Trinajstić information content (AvgIpc) is 2.97. The molecule has 0 saturated carbocycles. The summed E-state index contributed by atoms with van der Waals surface area (Å²) in [5, 5.41) is 3.06. The third-order valence-corrected chi connectivity index (χ3v) is 4.78.